The number of para-hydroxylation sites is 2. The molecular weight excluding hydrogens is 541 g/mol. The third kappa shape index (κ3) is 6.03. The van der Waals surface area contributed by atoms with E-state index in [9.17, 15) is 19.7 Å². The molecule has 0 aromatic heterocycles. The summed E-state index contributed by atoms with van der Waals surface area (Å²) < 4.78 is 12.4. The van der Waals surface area contributed by atoms with Gasteiger partial charge < -0.3 is 19.5 Å². The first kappa shape index (κ1) is 29.0. The Morgan fingerprint density at radius 3 is 2.47 bits per heavy atom. The molecule has 0 bridgehead atoms. The summed E-state index contributed by atoms with van der Waals surface area (Å²) in [5.41, 5.74) is 4.64. The number of fused-ring (bicyclic) bond motifs is 3. The van der Waals surface area contributed by atoms with Gasteiger partial charge in [-0.2, -0.15) is 0 Å². The molecule has 1 aliphatic carbocycles. The van der Waals surface area contributed by atoms with Crippen LogP contribution < -0.4 is 9.64 Å². The van der Waals surface area contributed by atoms with E-state index in [1.54, 1.807) is 24.3 Å². The fourth-order valence-electron chi connectivity index (χ4n) is 6.93. The Balaban J connectivity index is 1.33. The third-order valence-electron chi connectivity index (χ3n) is 8.90. The zero-order valence-electron chi connectivity index (χ0n) is 24.3. The number of carbonyl (C=O) groups excluding carboxylic acids is 2. The fourth-order valence-corrected chi connectivity index (χ4v) is 6.93. The maximum atomic E-state index is 13.9. The Morgan fingerprint density at radius 2 is 1.74 bits per heavy atom. The van der Waals surface area contributed by atoms with E-state index in [2.05, 4.69) is 13.0 Å². The molecule has 3 aromatic rings. The molecule has 2 N–H and O–H groups in total. The predicted molar refractivity (Wildman–Crippen MR) is 166 cm³/mol. The molecule has 2 fully saturated rings. The highest BCUT2D eigenvalue weighted by atomic mass is 16.5. The molecule has 4 atom stereocenters. The van der Waals surface area contributed by atoms with Crippen LogP contribution >= 0.6 is 0 Å². The van der Waals surface area contributed by atoms with E-state index in [0.717, 1.165) is 28.9 Å². The Kier molecular flexibility index (Phi) is 8.50. The van der Waals surface area contributed by atoms with E-state index in [1.807, 2.05) is 60.7 Å². The highest BCUT2D eigenvalue weighted by Gasteiger charge is 2.57. The molecule has 0 spiro atoms. The highest BCUT2D eigenvalue weighted by molar-refractivity contribution is 6.43. The number of aromatic hydroxyl groups is 1. The Labute approximate surface area is 252 Å². The first-order valence-corrected chi connectivity index (χ1v) is 15.1. The largest absolute Gasteiger partial charge is 0.508 e. The number of imide groups is 1. The number of ether oxygens (including phenoxy) is 1. The highest BCUT2D eigenvalue weighted by Crippen LogP contribution is 2.51. The average Bonchev–Trinajstić information content (AvgIpc) is 3.27. The number of carbonyl (C=O) groups is 2. The van der Waals surface area contributed by atoms with E-state index in [0.29, 0.717) is 24.9 Å². The van der Waals surface area contributed by atoms with Crippen LogP contribution in [0, 0.1) is 17.8 Å². The van der Waals surface area contributed by atoms with Gasteiger partial charge in [0, 0.05) is 0 Å². The number of allylic oxidation sites excluding steroid dienone is 1. The molecule has 3 aliphatic rings. The van der Waals surface area contributed by atoms with Gasteiger partial charge in [-0.1, -0.05) is 67.1 Å². The lowest BCUT2D eigenvalue weighted by molar-refractivity contribution is -0.122. The van der Waals surface area contributed by atoms with E-state index in [1.165, 1.54) is 10.5 Å². The normalized spacial score (nSPS) is 23.8. The second-order valence-electron chi connectivity index (χ2n) is 11.6. The number of hydrogen-bond donors (Lipinski definition) is 2. The van der Waals surface area contributed by atoms with Gasteiger partial charge in [0.1, 0.15) is 18.1 Å². The molecule has 8 heteroatoms. The van der Waals surface area contributed by atoms with Crippen molar-refractivity contribution in [1.29, 1.82) is 0 Å². The van der Waals surface area contributed by atoms with E-state index < -0.39 is 25.1 Å². The van der Waals surface area contributed by atoms with Crippen LogP contribution in [0.3, 0.4) is 0 Å². The molecule has 2 heterocycles. The van der Waals surface area contributed by atoms with Crippen molar-refractivity contribution in [2.24, 2.45) is 17.8 Å². The summed E-state index contributed by atoms with van der Waals surface area (Å²) in [7, 11) is -1.04. The topological polar surface area (TPSA) is 96.3 Å². The standard InChI is InChI=1S/C35H36BNO6/c1-2-23(18-24-10-9-13-27(38)19-24)16-17-31-32-25(22-42-28-14-7-4-8-15-28)20-29-33(30(32)21-36(41)43-31)35(40)37(34(29)39)26-11-5-3-6-12-26/h3-15,18-19,29-31,33,38,41H,2,16-17,20-22H2,1H3/b23-18+/t29-,30+,31-,33-/m1/s1. The molecule has 0 radical (unpaired) electrons. The van der Waals surface area contributed by atoms with Crippen LogP contribution in [0.25, 0.3) is 6.08 Å². The van der Waals surface area contributed by atoms with Crippen LogP contribution in [0.4, 0.5) is 5.69 Å². The number of phenolic OH excluding ortho intramolecular Hbond substituents is 1. The van der Waals surface area contributed by atoms with Crippen LogP contribution in [-0.4, -0.2) is 41.8 Å². The molecule has 2 saturated heterocycles. The number of hydrogen-bond acceptors (Lipinski definition) is 6. The monoisotopic (exact) mass is 577 g/mol. The predicted octanol–water partition coefficient (Wildman–Crippen LogP) is 6.05. The third-order valence-corrected chi connectivity index (χ3v) is 8.90. The van der Waals surface area contributed by atoms with Crippen LogP contribution in [-0.2, 0) is 14.2 Å². The van der Waals surface area contributed by atoms with Crippen LogP contribution in [0.2, 0.25) is 6.32 Å². The molecular formula is C35H36BNO6. The molecule has 7 nitrogen and oxygen atoms in total. The quantitative estimate of drug-likeness (QED) is 0.183. The molecule has 2 amide bonds. The summed E-state index contributed by atoms with van der Waals surface area (Å²) in [6, 6.07) is 25.8. The van der Waals surface area contributed by atoms with Gasteiger partial charge in [0.2, 0.25) is 11.8 Å². The number of amides is 2. The van der Waals surface area contributed by atoms with Crippen molar-refractivity contribution in [3.05, 3.63) is 107 Å². The summed E-state index contributed by atoms with van der Waals surface area (Å²) >= 11 is 0. The molecule has 6 rings (SSSR count). The first-order valence-electron chi connectivity index (χ1n) is 15.1. The lowest BCUT2D eigenvalue weighted by Crippen LogP contribution is -2.46. The van der Waals surface area contributed by atoms with Gasteiger partial charge in [0.05, 0.1) is 23.6 Å². The lowest BCUT2D eigenvalue weighted by atomic mass is 9.58. The van der Waals surface area contributed by atoms with Crippen molar-refractivity contribution in [1.82, 2.24) is 0 Å². The van der Waals surface area contributed by atoms with Gasteiger partial charge in [-0.25, -0.2) is 0 Å². The van der Waals surface area contributed by atoms with Crippen molar-refractivity contribution in [3.8, 4) is 11.5 Å². The molecule has 0 unspecified atom stereocenters. The minimum atomic E-state index is -1.04. The van der Waals surface area contributed by atoms with E-state index >= 15 is 0 Å². The second kappa shape index (κ2) is 12.6. The maximum Gasteiger partial charge on any atom is 0.455 e. The zero-order valence-corrected chi connectivity index (χ0v) is 24.3. The summed E-state index contributed by atoms with van der Waals surface area (Å²) in [5.74, 6) is -0.862. The Hall–Kier alpha value is -4.14. The molecule has 3 aromatic carbocycles. The number of phenols is 1. The number of anilines is 1. The maximum absolute atomic E-state index is 13.9. The van der Waals surface area contributed by atoms with E-state index in [4.69, 9.17) is 9.39 Å². The van der Waals surface area contributed by atoms with Gasteiger partial charge in [0.25, 0.3) is 0 Å². The molecule has 220 valence electrons. The minimum absolute atomic E-state index is 0.197. The van der Waals surface area contributed by atoms with Gasteiger partial charge >= 0.3 is 7.12 Å². The number of nitrogens with zero attached hydrogens (tertiary/aromatic N) is 1. The van der Waals surface area contributed by atoms with Crippen molar-refractivity contribution >= 4 is 30.7 Å². The van der Waals surface area contributed by atoms with Gasteiger partial charge in [0.15, 0.2) is 0 Å². The van der Waals surface area contributed by atoms with Crippen molar-refractivity contribution in [2.75, 3.05) is 11.5 Å². The van der Waals surface area contributed by atoms with Gasteiger partial charge in [-0.15, -0.1) is 0 Å². The summed E-state index contributed by atoms with van der Waals surface area (Å²) in [6.07, 6.45) is 4.47. The van der Waals surface area contributed by atoms with Crippen LogP contribution in [0.1, 0.15) is 38.2 Å². The second-order valence-corrected chi connectivity index (χ2v) is 11.6. The summed E-state index contributed by atoms with van der Waals surface area (Å²) in [6.45, 7) is 2.38. The van der Waals surface area contributed by atoms with Crippen LogP contribution in [0.15, 0.2) is 102 Å². The summed E-state index contributed by atoms with van der Waals surface area (Å²) in [5, 5.41) is 20.8. The van der Waals surface area contributed by atoms with Crippen LogP contribution in [0.5, 0.6) is 11.5 Å². The SMILES string of the molecule is CC/C(=C\c1cccc(O)c1)CC[C@H]1OB(O)C[C@H]2C1=C(COc1ccccc1)C[C@H]1C(=O)N(c3ccccc3)C(=O)[C@H]12. The summed E-state index contributed by atoms with van der Waals surface area (Å²) in [4.78, 5) is 29.1. The Morgan fingerprint density at radius 1 is 1.00 bits per heavy atom. The first-order chi connectivity index (χ1) is 20.9. The average molecular weight is 577 g/mol. The molecule has 43 heavy (non-hydrogen) atoms. The Bertz CT molecular complexity index is 1540. The van der Waals surface area contributed by atoms with Gasteiger partial charge in [-0.05, 0) is 91.0 Å². The number of rotatable bonds is 9. The fraction of sp³-hybridized carbons (Fsp3) is 0.314. The molecule has 2 aliphatic heterocycles. The van der Waals surface area contributed by atoms with Crippen molar-refractivity contribution < 1.29 is 29.1 Å². The number of benzene rings is 3. The smallest absolute Gasteiger partial charge is 0.455 e. The van der Waals surface area contributed by atoms with Crippen molar-refractivity contribution in [3.63, 3.8) is 0 Å². The van der Waals surface area contributed by atoms with E-state index in [-0.39, 0.29) is 36.4 Å². The lowest BCUT2D eigenvalue weighted by Gasteiger charge is -2.43. The van der Waals surface area contributed by atoms with Gasteiger partial charge in [-0.3, -0.25) is 14.5 Å². The minimum Gasteiger partial charge on any atom is -0.508 e. The molecule has 0 saturated carbocycles. The zero-order chi connectivity index (χ0) is 29.9. The van der Waals surface area contributed by atoms with Crippen molar-refractivity contribution in [2.45, 2.75) is 45.0 Å².